The highest BCUT2D eigenvalue weighted by atomic mass is 35.5. The van der Waals surface area contributed by atoms with Gasteiger partial charge in [-0.05, 0) is 36.2 Å². The Labute approximate surface area is 151 Å². The van der Waals surface area contributed by atoms with E-state index in [1.807, 2.05) is 0 Å². The molecule has 2 aromatic carbocycles. The van der Waals surface area contributed by atoms with E-state index in [1.165, 1.54) is 18.0 Å². The van der Waals surface area contributed by atoms with E-state index in [0.717, 1.165) is 5.56 Å². The molecule has 0 aromatic heterocycles. The zero-order chi connectivity index (χ0) is 18.4. The van der Waals surface area contributed by atoms with Crippen molar-refractivity contribution in [2.45, 2.75) is 25.9 Å². The summed E-state index contributed by atoms with van der Waals surface area (Å²) in [6.07, 6.45) is -0.110. The number of rotatable bonds is 6. The normalized spacial score (nSPS) is 11.7. The number of carbonyl (C=O) groups is 2. The second-order valence-corrected chi connectivity index (χ2v) is 6.14. The van der Waals surface area contributed by atoms with Gasteiger partial charge in [0.05, 0.1) is 6.42 Å². The Bertz CT molecular complexity index is 749. The topological polar surface area (TPSA) is 49.4 Å². The molecule has 0 fully saturated rings. The molecule has 6 heteroatoms. The fourth-order valence-electron chi connectivity index (χ4n) is 2.48. The molecule has 0 aliphatic rings. The largest absolute Gasteiger partial charge is 0.357 e. The molecule has 2 rings (SSSR count). The number of hydrogen-bond acceptors (Lipinski definition) is 2. The minimum atomic E-state index is -0.681. The third kappa shape index (κ3) is 5.03. The van der Waals surface area contributed by atoms with Crippen LogP contribution < -0.4 is 5.32 Å². The quantitative estimate of drug-likeness (QED) is 0.858. The van der Waals surface area contributed by atoms with Gasteiger partial charge in [-0.1, -0.05) is 41.9 Å². The molecule has 0 bridgehead atoms. The van der Waals surface area contributed by atoms with Crippen LogP contribution in [-0.4, -0.2) is 29.8 Å². The Morgan fingerprint density at radius 1 is 1.16 bits per heavy atom. The van der Waals surface area contributed by atoms with Crippen LogP contribution in [0.1, 0.15) is 18.1 Å². The highest BCUT2D eigenvalue weighted by molar-refractivity contribution is 6.30. The van der Waals surface area contributed by atoms with Gasteiger partial charge >= 0.3 is 0 Å². The number of nitrogens with zero attached hydrogens (tertiary/aromatic N) is 1. The first-order valence-electron chi connectivity index (χ1n) is 7.91. The third-order valence-electron chi connectivity index (χ3n) is 3.98. The molecule has 0 aliphatic heterocycles. The molecule has 4 nitrogen and oxygen atoms in total. The van der Waals surface area contributed by atoms with Crippen molar-refractivity contribution in [3.05, 3.63) is 70.5 Å². The molecule has 1 N–H and O–H groups in total. The predicted octanol–water partition coefficient (Wildman–Crippen LogP) is 3.18. The zero-order valence-corrected chi connectivity index (χ0v) is 14.9. The van der Waals surface area contributed by atoms with Gasteiger partial charge in [0.1, 0.15) is 11.9 Å². The van der Waals surface area contributed by atoms with Gasteiger partial charge in [-0.3, -0.25) is 9.59 Å². The Hall–Kier alpha value is -2.40. The second-order valence-electron chi connectivity index (χ2n) is 5.71. The van der Waals surface area contributed by atoms with Crippen molar-refractivity contribution in [1.29, 1.82) is 0 Å². The van der Waals surface area contributed by atoms with Gasteiger partial charge in [-0.25, -0.2) is 4.39 Å². The van der Waals surface area contributed by atoms with Crippen LogP contribution in [-0.2, 0) is 22.6 Å². The van der Waals surface area contributed by atoms with E-state index in [2.05, 4.69) is 5.32 Å². The number of halogens is 2. The lowest BCUT2D eigenvalue weighted by atomic mass is 10.1. The maximum Gasteiger partial charge on any atom is 0.242 e. The van der Waals surface area contributed by atoms with Gasteiger partial charge in [-0.2, -0.15) is 0 Å². The summed E-state index contributed by atoms with van der Waals surface area (Å²) in [5, 5.41) is 3.13. The van der Waals surface area contributed by atoms with Crippen LogP contribution in [0.3, 0.4) is 0 Å². The molecule has 0 unspecified atom stereocenters. The van der Waals surface area contributed by atoms with E-state index >= 15 is 0 Å². The molecule has 0 saturated carbocycles. The molecule has 0 spiro atoms. The summed E-state index contributed by atoms with van der Waals surface area (Å²) in [6.45, 7) is 1.88. The standard InChI is InChI=1S/C19H20ClFN2O2/c1-13(19(25)22-2)23(12-14-7-9-16(20)10-8-14)18(24)11-15-5-3-4-6-17(15)21/h3-10,13H,11-12H2,1-2H3,(H,22,25)/t13-/m1/s1. The fraction of sp³-hybridized carbons (Fsp3) is 0.263. The Morgan fingerprint density at radius 3 is 2.40 bits per heavy atom. The Morgan fingerprint density at radius 2 is 1.80 bits per heavy atom. The monoisotopic (exact) mass is 362 g/mol. The first-order chi connectivity index (χ1) is 11.9. The average Bonchev–Trinajstić information content (AvgIpc) is 2.61. The number of amides is 2. The van der Waals surface area contributed by atoms with Crippen LogP contribution in [0.2, 0.25) is 5.02 Å². The molecule has 132 valence electrons. The fourth-order valence-corrected chi connectivity index (χ4v) is 2.61. The number of carbonyl (C=O) groups excluding carboxylic acids is 2. The van der Waals surface area contributed by atoms with Crippen LogP contribution in [0.4, 0.5) is 4.39 Å². The molecular weight excluding hydrogens is 343 g/mol. The summed E-state index contributed by atoms with van der Waals surface area (Å²) < 4.78 is 13.8. The lowest BCUT2D eigenvalue weighted by molar-refractivity contribution is -0.139. The highest BCUT2D eigenvalue weighted by Crippen LogP contribution is 2.16. The van der Waals surface area contributed by atoms with Crippen LogP contribution >= 0.6 is 11.6 Å². The molecule has 0 heterocycles. The molecule has 25 heavy (non-hydrogen) atoms. The van der Waals surface area contributed by atoms with Crippen molar-refractivity contribution in [3.63, 3.8) is 0 Å². The summed E-state index contributed by atoms with van der Waals surface area (Å²) in [4.78, 5) is 26.2. The van der Waals surface area contributed by atoms with Gasteiger partial charge < -0.3 is 10.2 Å². The maximum absolute atomic E-state index is 13.8. The number of hydrogen-bond donors (Lipinski definition) is 1. The van der Waals surface area contributed by atoms with E-state index in [4.69, 9.17) is 11.6 Å². The third-order valence-corrected chi connectivity index (χ3v) is 4.23. The molecule has 2 amide bonds. The molecule has 1 atom stereocenters. The van der Waals surface area contributed by atoms with Crippen molar-refractivity contribution >= 4 is 23.4 Å². The summed E-state index contributed by atoms with van der Waals surface area (Å²) in [5.74, 6) is -1.04. The Kier molecular flexibility index (Phi) is 6.53. The van der Waals surface area contributed by atoms with E-state index < -0.39 is 11.9 Å². The van der Waals surface area contributed by atoms with E-state index in [9.17, 15) is 14.0 Å². The first kappa shape index (κ1) is 18.9. The van der Waals surface area contributed by atoms with Crippen molar-refractivity contribution in [3.8, 4) is 0 Å². The van der Waals surface area contributed by atoms with Gasteiger partial charge in [0.2, 0.25) is 11.8 Å². The number of likely N-dealkylation sites (N-methyl/N-ethyl adjacent to an activating group) is 1. The van der Waals surface area contributed by atoms with Gasteiger partial charge in [0, 0.05) is 18.6 Å². The lowest BCUT2D eigenvalue weighted by Crippen LogP contribution is -2.47. The summed E-state index contributed by atoms with van der Waals surface area (Å²) in [6, 6.07) is 12.5. The average molecular weight is 363 g/mol. The SMILES string of the molecule is CNC(=O)[C@@H](C)N(Cc1ccc(Cl)cc1)C(=O)Cc1ccccc1F. The number of nitrogens with one attached hydrogen (secondary N) is 1. The summed E-state index contributed by atoms with van der Waals surface area (Å²) >= 11 is 5.88. The molecule has 0 saturated heterocycles. The van der Waals surface area contributed by atoms with Crippen LogP contribution in [0.5, 0.6) is 0 Å². The van der Waals surface area contributed by atoms with Crippen LogP contribution in [0.25, 0.3) is 0 Å². The van der Waals surface area contributed by atoms with Crippen molar-refractivity contribution in [2.75, 3.05) is 7.05 Å². The molecule has 0 radical (unpaired) electrons. The first-order valence-corrected chi connectivity index (χ1v) is 8.29. The second kappa shape index (κ2) is 8.62. The molecular formula is C19H20ClFN2O2. The van der Waals surface area contributed by atoms with Crippen molar-refractivity contribution in [2.24, 2.45) is 0 Å². The van der Waals surface area contributed by atoms with Gasteiger partial charge in [-0.15, -0.1) is 0 Å². The highest BCUT2D eigenvalue weighted by Gasteiger charge is 2.26. The van der Waals surface area contributed by atoms with E-state index in [-0.39, 0.29) is 24.8 Å². The lowest BCUT2D eigenvalue weighted by Gasteiger charge is -2.28. The van der Waals surface area contributed by atoms with Gasteiger partial charge in [0.25, 0.3) is 0 Å². The minimum Gasteiger partial charge on any atom is -0.357 e. The molecule has 2 aromatic rings. The smallest absolute Gasteiger partial charge is 0.242 e. The van der Waals surface area contributed by atoms with Crippen LogP contribution in [0, 0.1) is 5.82 Å². The summed E-state index contributed by atoms with van der Waals surface area (Å²) in [7, 11) is 1.51. The zero-order valence-electron chi connectivity index (χ0n) is 14.1. The van der Waals surface area contributed by atoms with Gasteiger partial charge in [0.15, 0.2) is 0 Å². The summed E-state index contributed by atoms with van der Waals surface area (Å²) in [5.41, 5.74) is 1.14. The maximum atomic E-state index is 13.8. The van der Waals surface area contributed by atoms with Crippen LogP contribution in [0.15, 0.2) is 48.5 Å². The van der Waals surface area contributed by atoms with Crippen molar-refractivity contribution < 1.29 is 14.0 Å². The van der Waals surface area contributed by atoms with Crippen molar-refractivity contribution in [1.82, 2.24) is 10.2 Å². The Balaban J connectivity index is 2.23. The number of benzene rings is 2. The minimum absolute atomic E-state index is 0.110. The van der Waals surface area contributed by atoms with E-state index in [1.54, 1.807) is 49.4 Å². The molecule has 0 aliphatic carbocycles. The predicted molar refractivity (Wildman–Crippen MR) is 95.6 cm³/mol. The van der Waals surface area contributed by atoms with E-state index in [0.29, 0.717) is 10.6 Å².